The molecule has 2 aromatic rings. The van der Waals surface area contributed by atoms with Crippen molar-refractivity contribution in [2.24, 2.45) is 11.0 Å². The Hall–Kier alpha value is -2.29. The number of benzene rings is 2. The van der Waals surface area contributed by atoms with Gasteiger partial charge in [-0.25, -0.2) is 0 Å². The van der Waals surface area contributed by atoms with Crippen LogP contribution in [-0.2, 0) is 0 Å². The monoisotopic (exact) mass is 278 g/mol. The van der Waals surface area contributed by atoms with Crippen molar-refractivity contribution in [1.29, 1.82) is 0 Å². The van der Waals surface area contributed by atoms with Crippen molar-refractivity contribution in [1.82, 2.24) is 4.90 Å². The van der Waals surface area contributed by atoms with Crippen molar-refractivity contribution < 1.29 is 0 Å². The van der Waals surface area contributed by atoms with Gasteiger partial charge in [0.15, 0.2) is 0 Å². The van der Waals surface area contributed by atoms with E-state index in [0.29, 0.717) is 12.5 Å². The zero-order valence-corrected chi connectivity index (χ0v) is 11.8. The Morgan fingerprint density at radius 2 is 1.52 bits per heavy atom. The molecule has 21 heavy (non-hydrogen) atoms. The largest absolute Gasteiger partial charge is 0.292 e. The Kier molecular flexibility index (Phi) is 4.20. The van der Waals surface area contributed by atoms with Crippen molar-refractivity contribution in [3.05, 3.63) is 82.2 Å². The van der Waals surface area contributed by atoms with Gasteiger partial charge in [0.25, 0.3) is 0 Å². The van der Waals surface area contributed by atoms with Crippen LogP contribution in [0, 0.1) is 5.92 Å². The van der Waals surface area contributed by atoms with Crippen LogP contribution in [0.25, 0.3) is 10.4 Å². The lowest BCUT2D eigenvalue weighted by Crippen LogP contribution is -2.49. The Labute approximate surface area is 124 Å². The fraction of sp³-hybridized carbons (Fsp3) is 0.294. The number of likely N-dealkylation sites (tertiary alicyclic amines) is 1. The fourth-order valence-electron chi connectivity index (χ4n) is 2.97. The second-order valence-corrected chi connectivity index (χ2v) is 5.46. The van der Waals surface area contributed by atoms with Gasteiger partial charge in [-0.05, 0) is 22.6 Å². The summed E-state index contributed by atoms with van der Waals surface area (Å²) < 4.78 is 0. The van der Waals surface area contributed by atoms with Gasteiger partial charge in [0.1, 0.15) is 0 Å². The van der Waals surface area contributed by atoms with Gasteiger partial charge in [0.05, 0.1) is 6.04 Å². The number of nitrogens with zero attached hydrogens (tertiary/aromatic N) is 4. The van der Waals surface area contributed by atoms with E-state index in [1.807, 2.05) is 12.1 Å². The van der Waals surface area contributed by atoms with Gasteiger partial charge in [0, 0.05) is 24.5 Å². The molecule has 106 valence electrons. The highest BCUT2D eigenvalue weighted by Crippen LogP contribution is 2.34. The van der Waals surface area contributed by atoms with Crippen molar-refractivity contribution >= 4 is 0 Å². The van der Waals surface area contributed by atoms with E-state index in [9.17, 15) is 0 Å². The van der Waals surface area contributed by atoms with Gasteiger partial charge in [-0.1, -0.05) is 65.8 Å². The van der Waals surface area contributed by atoms with Crippen LogP contribution in [0.1, 0.15) is 17.2 Å². The second kappa shape index (κ2) is 6.44. The molecule has 0 atom stereocenters. The molecule has 0 saturated carbocycles. The molecule has 0 aliphatic carbocycles. The highest BCUT2D eigenvalue weighted by molar-refractivity contribution is 5.32. The molecule has 1 aliphatic rings. The van der Waals surface area contributed by atoms with Crippen molar-refractivity contribution in [2.75, 3.05) is 19.6 Å². The molecule has 1 saturated heterocycles. The Balaban J connectivity index is 1.80. The highest BCUT2D eigenvalue weighted by atomic mass is 15.2. The highest BCUT2D eigenvalue weighted by Gasteiger charge is 2.33. The molecule has 1 fully saturated rings. The quantitative estimate of drug-likeness (QED) is 0.463. The van der Waals surface area contributed by atoms with Crippen LogP contribution in [0.3, 0.4) is 0 Å². The van der Waals surface area contributed by atoms with Gasteiger partial charge in [-0.3, -0.25) is 4.90 Å². The van der Waals surface area contributed by atoms with Crippen molar-refractivity contribution in [2.45, 2.75) is 6.04 Å². The number of hydrogen-bond acceptors (Lipinski definition) is 2. The summed E-state index contributed by atoms with van der Waals surface area (Å²) in [4.78, 5) is 5.30. The van der Waals surface area contributed by atoms with E-state index in [1.165, 1.54) is 11.1 Å². The first kappa shape index (κ1) is 13.7. The first-order valence-electron chi connectivity index (χ1n) is 7.23. The van der Waals surface area contributed by atoms with E-state index in [0.717, 1.165) is 13.1 Å². The predicted molar refractivity (Wildman–Crippen MR) is 83.8 cm³/mol. The number of azide groups is 1. The Morgan fingerprint density at radius 1 is 1.00 bits per heavy atom. The zero-order chi connectivity index (χ0) is 14.5. The minimum absolute atomic E-state index is 0.287. The van der Waals surface area contributed by atoms with E-state index in [-0.39, 0.29) is 6.04 Å². The van der Waals surface area contributed by atoms with Crippen LogP contribution in [0.15, 0.2) is 65.8 Å². The zero-order valence-electron chi connectivity index (χ0n) is 11.8. The minimum atomic E-state index is 0.287. The Bertz CT molecular complexity index is 574. The maximum absolute atomic E-state index is 8.41. The second-order valence-electron chi connectivity index (χ2n) is 5.46. The molecule has 0 aromatic heterocycles. The average Bonchev–Trinajstić information content (AvgIpc) is 2.51. The number of rotatable bonds is 5. The molecule has 1 heterocycles. The standard InChI is InChI=1S/C17H18N4/c18-20-19-11-14-12-21(13-14)17(15-7-3-1-4-8-15)16-9-5-2-6-10-16/h1-10,14,17H,11-13H2. The van der Waals surface area contributed by atoms with E-state index in [4.69, 9.17) is 5.53 Å². The molecular formula is C17H18N4. The molecule has 4 heteroatoms. The fourth-order valence-corrected chi connectivity index (χ4v) is 2.97. The molecule has 0 bridgehead atoms. The minimum Gasteiger partial charge on any atom is -0.292 e. The normalized spacial score (nSPS) is 15.5. The molecule has 1 aliphatic heterocycles. The summed E-state index contributed by atoms with van der Waals surface area (Å²) >= 11 is 0. The number of hydrogen-bond donors (Lipinski definition) is 0. The van der Waals surface area contributed by atoms with E-state index >= 15 is 0 Å². The predicted octanol–water partition coefficient (Wildman–Crippen LogP) is 4.02. The van der Waals surface area contributed by atoms with Crippen molar-refractivity contribution in [3.63, 3.8) is 0 Å². The molecule has 0 N–H and O–H groups in total. The summed E-state index contributed by atoms with van der Waals surface area (Å²) in [7, 11) is 0. The first-order valence-corrected chi connectivity index (χ1v) is 7.23. The van der Waals surface area contributed by atoms with Gasteiger partial charge >= 0.3 is 0 Å². The summed E-state index contributed by atoms with van der Waals surface area (Å²) in [5.41, 5.74) is 11.0. The summed E-state index contributed by atoms with van der Waals surface area (Å²) in [6, 6.07) is 21.4. The van der Waals surface area contributed by atoms with Crippen LogP contribution < -0.4 is 0 Å². The van der Waals surface area contributed by atoms with Gasteiger partial charge < -0.3 is 0 Å². The first-order chi connectivity index (χ1) is 10.4. The molecule has 0 amide bonds. The third-order valence-corrected chi connectivity index (χ3v) is 3.98. The lowest BCUT2D eigenvalue weighted by molar-refractivity contribution is 0.0737. The SMILES string of the molecule is [N-]=[N+]=NCC1CN(C(c2ccccc2)c2ccccc2)C1. The molecule has 0 unspecified atom stereocenters. The maximum Gasteiger partial charge on any atom is 0.0602 e. The van der Waals surface area contributed by atoms with Gasteiger partial charge in [-0.15, -0.1) is 0 Å². The van der Waals surface area contributed by atoms with E-state index in [1.54, 1.807) is 0 Å². The summed E-state index contributed by atoms with van der Waals surface area (Å²) in [6.45, 7) is 2.56. The third-order valence-electron chi connectivity index (χ3n) is 3.98. The van der Waals surface area contributed by atoms with Crippen LogP contribution in [0.5, 0.6) is 0 Å². The maximum atomic E-state index is 8.41. The Morgan fingerprint density at radius 3 is 2.00 bits per heavy atom. The van der Waals surface area contributed by atoms with Crippen LogP contribution >= 0.6 is 0 Å². The molecule has 3 rings (SSSR count). The van der Waals surface area contributed by atoms with Gasteiger partial charge in [0.2, 0.25) is 0 Å². The smallest absolute Gasteiger partial charge is 0.0602 e. The van der Waals surface area contributed by atoms with E-state index in [2.05, 4.69) is 63.5 Å². The van der Waals surface area contributed by atoms with Crippen LogP contribution in [0.4, 0.5) is 0 Å². The van der Waals surface area contributed by atoms with E-state index < -0.39 is 0 Å². The lowest BCUT2D eigenvalue weighted by Gasteiger charge is -2.44. The van der Waals surface area contributed by atoms with Crippen LogP contribution in [-0.4, -0.2) is 24.5 Å². The molecule has 0 radical (unpaired) electrons. The van der Waals surface area contributed by atoms with Crippen LogP contribution in [0.2, 0.25) is 0 Å². The molecular weight excluding hydrogens is 260 g/mol. The molecule has 4 nitrogen and oxygen atoms in total. The van der Waals surface area contributed by atoms with Crippen molar-refractivity contribution in [3.8, 4) is 0 Å². The summed E-state index contributed by atoms with van der Waals surface area (Å²) in [6.07, 6.45) is 0. The lowest BCUT2D eigenvalue weighted by atomic mass is 9.90. The molecule has 2 aromatic carbocycles. The summed E-state index contributed by atoms with van der Waals surface area (Å²) in [5.74, 6) is 0.482. The summed E-state index contributed by atoms with van der Waals surface area (Å²) in [5, 5.41) is 3.69. The van der Waals surface area contributed by atoms with Gasteiger partial charge in [-0.2, -0.15) is 0 Å². The molecule has 0 spiro atoms. The third kappa shape index (κ3) is 3.07. The average molecular weight is 278 g/mol. The topological polar surface area (TPSA) is 52.0 Å².